The van der Waals surface area contributed by atoms with Gasteiger partial charge in [0.25, 0.3) is 0 Å². The molecule has 322 valence electrons. The van der Waals surface area contributed by atoms with E-state index in [0.717, 1.165) is 77.6 Å². The molecule has 0 amide bonds. The molecule has 0 bridgehead atoms. The highest BCUT2D eigenvalue weighted by Gasteiger charge is 2.23. The van der Waals surface area contributed by atoms with Gasteiger partial charge in [-0.1, -0.05) is 115 Å². The first kappa shape index (κ1) is 41.4. The molecule has 0 saturated heterocycles. The monoisotopic (exact) mass is 908 g/mol. The molecule has 12 aromatic rings. The molecule has 0 unspecified atom stereocenters. The second-order valence-electron chi connectivity index (χ2n) is 16.8. The Kier molecular flexibility index (Phi) is 10.1. The van der Waals surface area contributed by atoms with Crippen LogP contribution in [0.4, 0.5) is 11.4 Å². The van der Waals surface area contributed by atoms with Crippen LogP contribution in [0.3, 0.4) is 0 Å². The molecule has 0 aliphatic carbocycles. The van der Waals surface area contributed by atoms with Gasteiger partial charge in [0.05, 0.1) is 42.0 Å². The number of nitriles is 2. The number of aromatic nitrogens is 4. The van der Waals surface area contributed by atoms with E-state index in [4.69, 9.17) is 28.1 Å². The molecule has 8 nitrogen and oxygen atoms in total. The first-order valence-corrected chi connectivity index (χ1v) is 23.1. The maximum Gasteiger partial charge on any atom is 0.189 e. The van der Waals surface area contributed by atoms with E-state index in [1.807, 2.05) is 97.1 Å². The minimum Gasteiger partial charge on any atom is -0.308 e. The van der Waals surface area contributed by atoms with Crippen molar-refractivity contribution in [1.29, 1.82) is 10.5 Å². The van der Waals surface area contributed by atoms with Crippen LogP contribution in [0.15, 0.2) is 194 Å². The number of hydrogen-bond acceptors (Lipinski definition) is 6. The summed E-state index contributed by atoms with van der Waals surface area (Å²) in [6, 6.07) is 68.8. The third-order valence-electron chi connectivity index (χ3n) is 12.7. The van der Waals surface area contributed by atoms with Crippen LogP contribution < -0.4 is 0 Å². The summed E-state index contributed by atoms with van der Waals surface area (Å²) in [7, 11) is 0. The molecule has 70 heavy (non-hydrogen) atoms. The van der Waals surface area contributed by atoms with Gasteiger partial charge in [-0.2, -0.15) is 10.5 Å². The zero-order chi connectivity index (χ0) is 47.3. The predicted molar refractivity (Wildman–Crippen MR) is 282 cm³/mol. The molecule has 0 saturated carbocycles. The molecule has 0 fully saturated rings. The molecule has 9 aromatic carbocycles. The molecule has 0 aliphatic heterocycles. The van der Waals surface area contributed by atoms with Gasteiger partial charge in [0.15, 0.2) is 28.8 Å². The van der Waals surface area contributed by atoms with Crippen molar-refractivity contribution < 1.29 is 0 Å². The van der Waals surface area contributed by atoms with E-state index < -0.39 is 0 Å². The Labute approximate surface area is 406 Å². The number of nitrogens with zero attached hydrogens (tertiary/aromatic N) is 8. The lowest BCUT2D eigenvalue weighted by Crippen LogP contribution is -2.04. The Balaban J connectivity index is 1.17. The van der Waals surface area contributed by atoms with Crippen LogP contribution in [-0.4, -0.2) is 19.5 Å². The van der Waals surface area contributed by atoms with Gasteiger partial charge in [-0.05, 0) is 112 Å². The molecular weight excluding hydrogens is 877 g/mol. The summed E-state index contributed by atoms with van der Waals surface area (Å²) in [6.07, 6.45) is 0. The fraction of sp³-hybridized carbons (Fsp3) is 0. The summed E-state index contributed by atoms with van der Waals surface area (Å²) < 4.78 is 4.66. The molecule has 0 N–H and O–H groups in total. The van der Waals surface area contributed by atoms with Crippen LogP contribution in [0, 0.1) is 35.8 Å². The Morgan fingerprint density at radius 2 is 0.943 bits per heavy atom. The van der Waals surface area contributed by atoms with E-state index in [1.54, 1.807) is 23.5 Å². The van der Waals surface area contributed by atoms with E-state index in [9.17, 15) is 10.5 Å². The van der Waals surface area contributed by atoms with Crippen molar-refractivity contribution in [3.8, 4) is 85.4 Å². The molecule has 0 spiro atoms. The van der Waals surface area contributed by atoms with Gasteiger partial charge < -0.3 is 4.57 Å². The van der Waals surface area contributed by atoms with Gasteiger partial charge in [-0.25, -0.2) is 24.6 Å². The van der Waals surface area contributed by atoms with Crippen molar-refractivity contribution in [3.05, 3.63) is 228 Å². The molecule has 0 aliphatic rings. The molecule has 0 atom stereocenters. The van der Waals surface area contributed by atoms with Gasteiger partial charge >= 0.3 is 0 Å². The third kappa shape index (κ3) is 7.17. The van der Waals surface area contributed by atoms with Gasteiger partial charge in [0.2, 0.25) is 0 Å². The first-order chi connectivity index (χ1) is 34.5. The topological polar surface area (TPSA) is 99.9 Å². The quantitative estimate of drug-likeness (QED) is 0.148. The maximum absolute atomic E-state index is 9.94. The SMILES string of the molecule is [C-]#[N+]c1cc(C#N)cc(-c2ccc3c(c2)c2cc(-c4cc(C#N)cc([N+]#[C-])c4)ccc2n3-c2ccc(-c3cccc4c3sc3ccccc34)cc2-c2nc(-c3ccccc3)nc(-c3ccccc3)n2)c1. The highest BCUT2D eigenvalue weighted by Crippen LogP contribution is 2.44. The van der Waals surface area contributed by atoms with Crippen LogP contribution >= 0.6 is 11.3 Å². The number of rotatable bonds is 7. The average Bonchev–Trinajstić information content (AvgIpc) is 3.98. The summed E-state index contributed by atoms with van der Waals surface area (Å²) >= 11 is 1.78. The van der Waals surface area contributed by atoms with Crippen molar-refractivity contribution in [3.63, 3.8) is 0 Å². The fourth-order valence-electron chi connectivity index (χ4n) is 9.44. The van der Waals surface area contributed by atoms with Crippen LogP contribution in [0.25, 0.3) is 125 Å². The van der Waals surface area contributed by atoms with Gasteiger partial charge in [-0.15, -0.1) is 11.3 Å². The summed E-state index contributed by atoms with van der Waals surface area (Å²) in [4.78, 5) is 23.0. The molecule has 3 heterocycles. The molecule has 12 rings (SSSR count). The highest BCUT2D eigenvalue weighted by atomic mass is 32.1. The number of benzene rings is 9. The first-order valence-electron chi connectivity index (χ1n) is 22.3. The van der Waals surface area contributed by atoms with Crippen LogP contribution in [-0.2, 0) is 0 Å². The van der Waals surface area contributed by atoms with Gasteiger partial charge in [0, 0.05) is 58.8 Å². The normalized spacial score (nSPS) is 11.1. The lowest BCUT2D eigenvalue weighted by Gasteiger charge is -2.17. The summed E-state index contributed by atoms with van der Waals surface area (Å²) in [5.41, 5.74) is 12.0. The zero-order valence-electron chi connectivity index (χ0n) is 37.0. The van der Waals surface area contributed by atoms with Gasteiger partial charge in [-0.3, -0.25) is 0 Å². The second-order valence-corrected chi connectivity index (χ2v) is 17.9. The van der Waals surface area contributed by atoms with Crippen molar-refractivity contribution in [1.82, 2.24) is 19.5 Å². The van der Waals surface area contributed by atoms with E-state index in [1.165, 1.54) is 20.2 Å². The molecule has 9 heteroatoms. The largest absolute Gasteiger partial charge is 0.308 e. The minimum atomic E-state index is 0.380. The van der Waals surface area contributed by atoms with Crippen molar-refractivity contribution in [2.75, 3.05) is 0 Å². The summed E-state index contributed by atoms with van der Waals surface area (Å²) in [6.45, 7) is 15.6. The number of hydrogen-bond donors (Lipinski definition) is 0. The third-order valence-corrected chi connectivity index (χ3v) is 13.9. The maximum atomic E-state index is 9.94. The minimum absolute atomic E-state index is 0.380. The molecular formula is C61H32N8S. The summed E-state index contributed by atoms with van der Waals surface area (Å²) in [5, 5.41) is 24.1. The van der Waals surface area contributed by atoms with Crippen molar-refractivity contribution >= 4 is 64.7 Å². The predicted octanol–water partition coefficient (Wildman–Crippen LogP) is 16.2. The smallest absolute Gasteiger partial charge is 0.189 e. The van der Waals surface area contributed by atoms with E-state index in [0.29, 0.717) is 40.0 Å². The highest BCUT2D eigenvalue weighted by molar-refractivity contribution is 7.26. The second kappa shape index (κ2) is 17.0. The number of fused-ring (bicyclic) bond motifs is 6. The van der Waals surface area contributed by atoms with Crippen molar-refractivity contribution in [2.45, 2.75) is 0 Å². The Morgan fingerprint density at radius 1 is 0.414 bits per heavy atom. The van der Waals surface area contributed by atoms with Crippen molar-refractivity contribution in [2.24, 2.45) is 0 Å². The Hall–Kier alpha value is -10.0. The summed E-state index contributed by atoms with van der Waals surface area (Å²) in [5.74, 6) is 1.58. The average molecular weight is 909 g/mol. The lowest BCUT2D eigenvalue weighted by atomic mass is 9.98. The van der Waals surface area contributed by atoms with Gasteiger partial charge in [0.1, 0.15) is 0 Å². The van der Waals surface area contributed by atoms with Crippen LogP contribution in [0.2, 0.25) is 0 Å². The number of thiophene rings is 1. The van der Waals surface area contributed by atoms with E-state index >= 15 is 0 Å². The van der Waals surface area contributed by atoms with Crippen LogP contribution in [0.5, 0.6) is 0 Å². The Bertz CT molecular complexity index is 4040. The standard InChI is InChI=1S/C61H32N8S/c1-64-46-28-37(35-62)26-44(30-46)41-20-23-54-51(32-41)52-33-42(45-27-38(36-63)29-47(31-45)65-2)21-24-55(52)69(54)56-25-22-43(48-17-11-18-50-49-16-9-10-19-57(49)70-58(48)50)34-53(56)61-67-59(39-12-5-3-6-13-39)66-60(68-61)40-14-7-4-8-15-40/h3-34H. The Morgan fingerprint density at radius 3 is 1.51 bits per heavy atom. The zero-order valence-corrected chi connectivity index (χ0v) is 37.8. The molecule has 3 aromatic heterocycles. The van der Waals surface area contributed by atoms with E-state index in [2.05, 4.69) is 111 Å². The lowest BCUT2D eigenvalue weighted by molar-refractivity contribution is 1.06. The molecule has 0 radical (unpaired) electrons. The van der Waals surface area contributed by atoms with E-state index in [-0.39, 0.29) is 0 Å². The van der Waals surface area contributed by atoms with Crippen LogP contribution in [0.1, 0.15) is 11.1 Å². The fourth-order valence-corrected chi connectivity index (χ4v) is 10.7.